The van der Waals surface area contributed by atoms with Crippen molar-refractivity contribution in [3.8, 4) is 12.1 Å². The van der Waals surface area contributed by atoms with E-state index < -0.39 is 0 Å². The summed E-state index contributed by atoms with van der Waals surface area (Å²) in [5, 5.41) is 26.0. The molecule has 0 aromatic heterocycles. The molecular formula is C12H16N4. The maximum absolute atomic E-state index is 8.70. The molecule has 0 radical (unpaired) electrons. The third kappa shape index (κ3) is 3.03. The fraction of sp³-hybridized carbons (Fsp3) is 0.833. The van der Waals surface area contributed by atoms with Gasteiger partial charge in [-0.3, -0.25) is 0 Å². The van der Waals surface area contributed by atoms with E-state index in [4.69, 9.17) is 10.5 Å². The van der Waals surface area contributed by atoms with Crippen molar-refractivity contribution in [2.24, 2.45) is 22.1 Å². The summed E-state index contributed by atoms with van der Waals surface area (Å²) in [4.78, 5) is 0. The number of nitriles is 2. The summed E-state index contributed by atoms with van der Waals surface area (Å²) in [5.74, 6) is 1.15. The summed E-state index contributed by atoms with van der Waals surface area (Å²) in [6, 6.07) is 4.52. The van der Waals surface area contributed by atoms with Crippen LogP contribution in [0.5, 0.6) is 0 Å². The first-order valence-electron chi connectivity index (χ1n) is 5.99. The van der Waals surface area contributed by atoms with Crippen LogP contribution in [-0.4, -0.2) is 12.1 Å². The molecule has 2 saturated carbocycles. The van der Waals surface area contributed by atoms with E-state index in [9.17, 15) is 0 Å². The highest BCUT2D eigenvalue weighted by molar-refractivity contribution is 4.94. The second-order valence-corrected chi connectivity index (χ2v) is 4.76. The molecule has 0 N–H and O–H groups in total. The Morgan fingerprint density at radius 1 is 0.875 bits per heavy atom. The minimum atomic E-state index is 0.0879. The van der Waals surface area contributed by atoms with Crippen molar-refractivity contribution in [1.82, 2.24) is 0 Å². The zero-order valence-corrected chi connectivity index (χ0v) is 9.34. The predicted octanol–water partition coefficient (Wildman–Crippen LogP) is 2.82. The summed E-state index contributed by atoms with van der Waals surface area (Å²) in [7, 11) is 0. The van der Waals surface area contributed by atoms with Gasteiger partial charge < -0.3 is 0 Å². The lowest BCUT2D eigenvalue weighted by Gasteiger charge is -2.08. The molecule has 2 atom stereocenters. The molecule has 0 aliphatic heterocycles. The van der Waals surface area contributed by atoms with Crippen LogP contribution < -0.4 is 0 Å². The van der Waals surface area contributed by atoms with Crippen LogP contribution in [-0.2, 0) is 0 Å². The summed E-state index contributed by atoms with van der Waals surface area (Å²) in [5.41, 5.74) is 0. The van der Waals surface area contributed by atoms with Gasteiger partial charge in [-0.1, -0.05) is 0 Å². The van der Waals surface area contributed by atoms with Crippen molar-refractivity contribution in [1.29, 1.82) is 10.5 Å². The van der Waals surface area contributed by atoms with Gasteiger partial charge in [-0.2, -0.15) is 20.8 Å². The molecule has 2 fully saturated rings. The van der Waals surface area contributed by atoms with Gasteiger partial charge in [0, 0.05) is 0 Å². The number of rotatable bonds is 6. The van der Waals surface area contributed by atoms with Gasteiger partial charge in [-0.05, 0) is 37.5 Å². The van der Waals surface area contributed by atoms with Crippen LogP contribution in [0.4, 0.5) is 0 Å². The van der Waals surface area contributed by atoms with E-state index in [1.54, 1.807) is 0 Å². The van der Waals surface area contributed by atoms with Crippen LogP contribution in [0.3, 0.4) is 0 Å². The highest BCUT2D eigenvalue weighted by Gasteiger charge is 2.33. The van der Waals surface area contributed by atoms with Gasteiger partial charge in [0.05, 0.1) is 37.1 Å². The van der Waals surface area contributed by atoms with Gasteiger partial charge in [-0.25, -0.2) is 0 Å². The average Bonchev–Trinajstić information content (AvgIpc) is 3.16. The predicted molar refractivity (Wildman–Crippen MR) is 58.3 cm³/mol. The molecule has 4 heteroatoms. The number of azo groups is 1. The van der Waals surface area contributed by atoms with E-state index in [-0.39, 0.29) is 12.1 Å². The summed E-state index contributed by atoms with van der Waals surface area (Å²) < 4.78 is 0. The van der Waals surface area contributed by atoms with E-state index >= 15 is 0 Å². The first-order chi connectivity index (χ1) is 7.85. The lowest BCUT2D eigenvalue weighted by molar-refractivity contribution is 0.511. The van der Waals surface area contributed by atoms with Gasteiger partial charge in [0.25, 0.3) is 0 Å². The quantitative estimate of drug-likeness (QED) is 0.640. The number of nitrogens with zero attached hydrogens (tertiary/aromatic N) is 4. The maximum atomic E-state index is 8.70. The summed E-state index contributed by atoms with van der Waals surface area (Å²) in [6.07, 6.45) is 5.65. The molecule has 2 aliphatic carbocycles. The number of hydrogen-bond donors (Lipinski definition) is 0. The van der Waals surface area contributed by atoms with Crippen molar-refractivity contribution in [2.45, 2.75) is 50.6 Å². The van der Waals surface area contributed by atoms with Crippen molar-refractivity contribution in [2.75, 3.05) is 0 Å². The largest absolute Gasteiger partial charge is 0.198 e. The molecule has 2 unspecified atom stereocenters. The van der Waals surface area contributed by atoms with Crippen LogP contribution in [0, 0.1) is 34.5 Å². The van der Waals surface area contributed by atoms with Crippen molar-refractivity contribution in [3.63, 3.8) is 0 Å². The molecule has 0 heterocycles. The van der Waals surface area contributed by atoms with Crippen molar-refractivity contribution < 1.29 is 0 Å². The molecule has 0 bridgehead atoms. The Morgan fingerprint density at radius 3 is 1.50 bits per heavy atom. The Balaban J connectivity index is 1.88. The third-order valence-electron chi connectivity index (χ3n) is 3.30. The molecule has 16 heavy (non-hydrogen) atoms. The van der Waals surface area contributed by atoms with Gasteiger partial charge in [0.2, 0.25) is 0 Å². The second-order valence-electron chi connectivity index (χ2n) is 4.76. The molecule has 4 nitrogen and oxygen atoms in total. The minimum absolute atomic E-state index is 0.0879. The second kappa shape index (κ2) is 5.07. The fourth-order valence-corrected chi connectivity index (χ4v) is 1.92. The molecule has 2 rings (SSSR count). The molecule has 0 spiro atoms. The molecule has 0 aromatic rings. The molecule has 2 aliphatic rings. The topological polar surface area (TPSA) is 72.3 Å². The SMILES string of the molecule is N#CCC(N=NC(CC#N)C1CC1)C1CC1. The zero-order chi connectivity index (χ0) is 11.4. The van der Waals surface area contributed by atoms with Crippen molar-refractivity contribution in [3.05, 3.63) is 0 Å². The molecular weight excluding hydrogens is 200 g/mol. The Hall–Kier alpha value is -1.42. The van der Waals surface area contributed by atoms with E-state index in [0.29, 0.717) is 24.7 Å². The lowest BCUT2D eigenvalue weighted by Crippen LogP contribution is -2.10. The van der Waals surface area contributed by atoms with Crippen LogP contribution in [0.1, 0.15) is 38.5 Å². The van der Waals surface area contributed by atoms with Gasteiger partial charge in [0.1, 0.15) is 0 Å². The fourth-order valence-electron chi connectivity index (χ4n) is 1.92. The van der Waals surface area contributed by atoms with E-state index in [1.807, 2.05) is 0 Å². The Labute approximate surface area is 96.0 Å². The Bertz CT molecular complexity index is 307. The smallest absolute Gasteiger partial charge is 0.0866 e. The lowest BCUT2D eigenvalue weighted by atomic mass is 10.1. The molecule has 0 saturated heterocycles. The summed E-state index contributed by atoms with van der Waals surface area (Å²) >= 11 is 0. The standard InChI is InChI=1S/C12H16N4/c13-7-5-11(9-1-2-9)15-16-12(6-8-14)10-3-4-10/h9-12H,1-6H2. The van der Waals surface area contributed by atoms with Gasteiger partial charge >= 0.3 is 0 Å². The third-order valence-corrected chi connectivity index (χ3v) is 3.30. The average molecular weight is 216 g/mol. The van der Waals surface area contributed by atoms with Crippen LogP contribution >= 0.6 is 0 Å². The molecule has 0 aromatic carbocycles. The van der Waals surface area contributed by atoms with Gasteiger partial charge in [-0.15, -0.1) is 0 Å². The Kier molecular flexibility index (Phi) is 3.51. The van der Waals surface area contributed by atoms with E-state index in [2.05, 4.69) is 22.4 Å². The first-order valence-corrected chi connectivity index (χ1v) is 5.99. The molecule has 84 valence electrons. The highest BCUT2D eigenvalue weighted by Crippen LogP contribution is 2.38. The van der Waals surface area contributed by atoms with Crippen LogP contribution in [0.25, 0.3) is 0 Å². The van der Waals surface area contributed by atoms with E-state index in [1.165, 1.54) is 25.7 Å². The molecule has 0 amide bonds. The normalized spacial score (nSPS) is 23.6. The maximum Gasteiger partial charge on any atom is 0.0866 e. The minimum Gasteiger partial charge on any atom is -0.198 e. The van der Waals surface area contributed by atoms with E-state index in [0.717, 1.165) is 0 Å². The Morgan fingerprint density at radius 2 is 1.25 bits per heavy atom. The monoisotopic (exact) mass is 216 g/mol. The zero-order valence-electron chi connectivity index (χ0n) is 9.34. The first kappa shape index (κ1) is 11.1. The van der Waals surface area contributed by atoms with Gasteiger partial charge in [0.15, 0.2) is 0 Å². The summed E-state index contributed by atoms with van der Waals surface area (Å²) in [6.45, 7) is 0. The van der Waals surface area contributed by atoms with Crippen molar-refractivity contribution >= 4 is 0 Å². The number of hydrogen-bond acceptors (Lipinski definition) is 4. The highest BCUT2D eigenvalue weighted by atomic mass is 15.1. The van der Waals surface area contributed by atoms with Crippen LogP contribution in [0.15, 0.2) is 10.2 Å². The van der Waals surface area contributed by atoms with Crippen LogP contribution in [0.2, 0.25) is 0 Å².